The van der Waals surface area contributed by atoms with Crippen LogP contribution in [-0.2, 0) is 4.79 Å². The van der Waals surface area contributed by atoms with Gasteiger partial charge < -0.3 is 10.6 Å². The summed E-state index contributed by atoms with van der Waals surface area (Å²) < 4.78 is 0. The lowest BCUT2D eigenvalue weighted by Gasteiger charge is -2.08. The van der Waals surface area contributed by atoms with E-state index in [1.165, 1.54) is 19.3 Å². The lowest BCUT2D eigenvalue weighted by atomic mass is 10.2. The molecule has 0 fully saturated rings. The van der Waals surface area contributed by atoms with Crippen molar-refractivity contribution >= 4 is 11.6 Å². The minimum absolute atomic E-state index is 0.0762. The largest absolute Gasteiger partial charge is 0.326 e. The van der Waals surface area contributed by atoms with Gasteiger partial charge in [0.2, 0.25) is 5.91 Å². The van der Waals surface area contributed by atoms with E-state index in [9.17, 15) is 4.79 Å². The van der Waals surface area contributed by atoms with Gasteiger partial charge in [0, 0.05) is 18.7 Å². The minimum Gasteiger partial charge on any atom is -0.326 e. The highest BCUT2D eigenvalue weighted by molar-refractivity contribution is 5.91. The summed E-state index contributed by atoms with van der Waals surface area (Å²) in [5.41, 5.74) is 2.01. The molecule has 1 amide bonds. The maximum atomic E-state index is 11.7. The molecule has 0 saturated heterocycles. The predicted octanol–water partition coefficient (Wildman–Crippen LogP) is 3.10. The van der Waals surface area contributed by atoms with Gasteiger partial charge in [0.05, 0.1) is 0 Å². The van der Waals surface area contributed by atoms with Crippen molar-refractivity contribution in [2.45, 2.75) is 39.5 Å². The third-order valence-electron chi connectivity index (χ3n) is 2.91. The van der Waals surface area contributed by atoms with Gasteiger partial charge in [-0.2, -0.15) is 0 Å². The Bertz CT molecular complexity index is 363. The van der Waals surface area contributed by atoms with E-state index in [1.807, 2.05) is 31.2 Å². The molecule has 18 heavy (non-hydrogen) atoms. The summed E-state index contributed by atoms with van der Waals surface area (Å²) in [6.07, 6.45) is 4.20. The van der Waals surface area contributed by atoms with Crippen LogP contribution in [0.5, 0.6) is 0 Å². The maximum absolute atomic E-state index is 11.7. The van der Waals surface area contributed by atoms with Crippen LogP contribution in [0.1, 0.15) is 38.2 Å². The number of benzene rings is 1. The second-order valence-corrected chi connectivity index (χ2v) is 4.57. The molecule has 100 valence electrons. The van der Waals surface area contributed by atoms with E-state index < -0.39 is 0 Å². The average molecular weight is 248 g/mol. The summed E-state index contributed by atoms with van der Waals surface area (Å²) in [5, 5.41) is 6.22. The highest BCUT2D eigenvalue weighted by Gasteiger charge is 2.03. The van der Waals surface area contributed by atoms with Crippen LogP contribution in [0.25, 0.3) is 0 Å². The number of carbonyl (C=O) groups excluding carboxylic acids is 1. The summed E-state index contributed by atoms with van der Waals surface area (Å²) in [6, 6.07) is 7.84. The molecule has 2 N–H and O–H groups in total. The molecular formula is C15H24N2O. The molecule has 0 radical (unpaired) electrons. The number of anilines is 1. The highest BCUT2D eigenvalue weighted by Crippen LogP contribution is 2.12. The van der Waals surface area contributed by atoms with Crippen LogP contribution in [0.4, 0.5) is 5.69 Å². The standard InChI is InChI=1S/C15H24N2O/c1-3-4-7-11-16-12-10-15(18)17-14-9-6-5-8-13(14)2/h5-6,8-9,16H,3-4,7,10-12H2,1-2H3,(H,17,18). The van der Waals surface area contributed by atoms with Crippen LogP contribution in [0.2, 0.25) is 0 Å². The van der Waals surface area contributed by atoms with Gasteiger partial charge in [-0.05, 0) is 31.5 Å². The van der Waals surface area contributed by atoms with Crippen molar-refractivity contribution in [2.75, 3.05) is 18.4 Å². The van der Waals surface area contributed by atoms with E-state index >= 15 is 0 Å². The van der Waals surface area contributed by atoms with Crippen LogP contribution in [0.3, 0.4) is 0 Å². The van der Waals surface area contributed by atoms with Crippen molar-refractivity contribution in [1.82, 2.24) is 5.32 Å². The third-order valence-corrected chi connectivity index (χ3v) is 2.91. The van der Waals surface area contributed by atoms with E-state index in [-0.39, 0.29) is 5.91 Å². The Kier molecular flexibility index (Phi) is 7.11. The molecule has 0 saturated carbocycles. The van der Waals surface area contributed by atoms with Crippen molar-refractivity contribution in [3.05, 3.63) is 29.8 Å². The van der Waals surface area contributed by atoms with E-state index in [2.05, 4.69) is 17.6 Å². The van der Waals surface area contributed by atoms with Crippen LogP contribution >= 0.6 is 0 Å². The van der Waals surface area contributed by atoms with E-state index in [0.29, 0.717) is 6.42 Å². The molecule has 0 unspecified atom stereocenters. The lowest BCUT2D eigenvalue weighted by molar-refractivity contribution is -0.116. The van der Waals surface area contributed by atoms with E-state index in [4.69, 9.17) is 0 Å². The normalized spacial score (nSPS) is 10.3. The fourth-order valence-electron chi connectivity index (χ4n) is 1.75. The zero-order valence-corrected chi connectivity index (χ0v) is 11.5. The summed E-state index contributed by atoms with van der Waals surface area (Å²) in [7, 11) is 0. The Morgan fingerprint density at radius 2 is 1.94 bits per heavy atom. The van der Waals surface area contributed by atoms with Gasteiger partial charge in [-0.25, -0.2) is 0 Å². The molecule has 3 nitrogen and oxygen atoms in total. The van der Waals surface area contributed by atoms with Crippen LogP contribution < -0.4 is 10.6 Å². The molecular weight excluding hydrogens is 224 g/mol. The second kappa shape index (κ2) is 8.70. The number of nitrogens with one attached hydrogen (secondary N) is 2. The molecule has 0 aromatic heterocycles. The first-order valence-electron chi connectivity index (χ1n) is 6.80. The number of amides is 1. The second-order valence-electron chi connectivity index (χ2n) is 4.57. The van der Waals surface area contributed by atoms with Gasteiger partial charge in [0.15, 0.2) is 0 Å². The summed E-state index contributed by atoms with van der Waals surface area (Å²) in [4.78, 5) is 11.7. The third kappa shape index (κ3) is 5.82. The highest BCUT2D eigenvalue weighted by atomic mass is 16.1. The smallest absolute Gasteiger partial charge is 0.225 e. The Balaban J connectivity index is 2.16. The number of para-hydroxylation sites is 1. The monoisotopic (exact) mass is 248 g/mol. The lowest BCUT2D eigenvalue weighted by Crippen LogP contribution is -2.22. The molecule has 3 heteroatoms. The van der Waals surface area contributed by atoms with Crippen molar-refractivity contribution in [1.29, 1.82) is 0 Å². The molecule has 0 aliphatic carbocycles. The Morgan fingerprint density at radius 3 is 2.67 bits per heavy atom. The van der Waals surface area contributed by atoms with E-state index in [1.54, 1.807) is 0 Å². The van der Waals surface area contributed by atoms with Gasteiger partial charge in [0.25, 0.3) is 0 Å². The molecule has 0 aliphatic heterocycles. The SMILES string of the molecule is CCCCCNCCC(=O)Nc1ccccc1C. The van der Waals surface area contributed by atoms with Gasteiger partial charge >= 0.3 is 0 Å². The van der Waals surface area contributed by atoms with Gasteiger partial charge in [0.1, 0.15) is 0 Å². The molecule has 0 heterocycles. The van der Waals surface area contributed by atoms with E-state index in [0.717, 1.165) is 24.3 Å². The molecule has 1 rings (SSSR count). The minimum atomic E-state index is 0.0762. The van der Waals surface area contributed by atoms with Crippen molar-refractivity contribution in [2.24, 2.45) is 0 Å². The Hall–Kier alpha value is -1.35. The topological polar surface area (TPSA) is 41.1 Å². The zero-order valence-electron chi connectivity index (χ0n) is 11.5. The molecule has 0 aliphatic rings. The summed E-state index contributed by atoms with van der Waals surface area (Å²) in [5.74, 6) is 0.0762. The number of unbranched alkanes of at least 4 members (excludes halogenated alkanes) is 2. The van der Waals surface area contributed by atoms with Crippen molar-refractivity contribution < 1.29 is 4.79 Å². The molecule has 0 spiro atoms. The average Bonchev–Trinajstić information content (AvgIpc) is 2.36. The van der Waals surface area contributed by atoms with Crippen molar-refractivity contribution in [3.63, 3.8) is 0 Å². The first kappa shape index (κ1) is 14.7. The van der Waals surface area contributed by atoms with Crippen LogP contribution in [0.15, 0.2) is 24.3 Å². The number of rotatable bonds is 8. The molecule has 0 bridgehead atoms. The maximum Gasteiger partial charge on any atom is 0.225 e. The Labute approximate surface area is 110 Å². The quantitative estimate of drug-likeness (QED) is 0.694. The van der Waals surface area contributed by atoms with Crippen LogP contribution in [0, 0.1) is 6.92 Å². The number of hydrogen-bond acceptors (Lipinski definition) is 2. The zero-order chi connectivity index (χ0) is 13.2. The molecule has 1 aromatic rings. The fraction of sp³-hybridized carbons (Fsp3) is 0.533. The summed E-state index contributed by atoms with van der Waals surface area (Å²) in [6.45, 7) is 5.95. The number of aryl methyl sites for hydroxylation is 1. The van der Waals surface area contributed by atoms with Gasteiger partial charge in [-0.1, -0.05) is 38.0 Å². The first-order chi connectivity index (χ1) is 8.74. The molecule has 1 aromatic carbocycles. The summed E-state index contributed by atoms with van der Waals surface area (Å²) >= 11 is 0. The van der Waals surface area contributed by atoms with Crippen molar-refractivity contribution in [3.8, 4) is 0 Å². The van der Waals surface area contributed by atoms with Gasteiger partial charge in [-0.3, -0.25) is 4.79 Å². The van der Waals surface area contributed by atoms with Crippen LogP contribution in [-0.4, -0.2) is 19.0 Å². The molecule has 0 atom stereocenters. The number of hydrogen-bond donors (Lipinski definition) is 2. The fourth-order valence-corrected chi connectivity index (χ4v) is 1.75. The number of carbonyl (C=O) groups is 1. The Morgan fingerprint density at radius 1 is 1.17 bits per heavy atom. The van der Waals surface area contributed by atoms with Gasteiger partial charge in [-0.15, -0.1) is 0 Å². The predicted molar refractivity (Wildman–Crippen MR) is 76.8 cm³/mol. The first-order valence-corrected chi connectivity index (χ1v) is 6.80.